The van der Waals surface area contributed by atoms with E-state index in [4.69, 9.17) is 24.8 Å². The van der Waals surface area contributed by atoms with E-state index in [1.54, 1.807) is 22.7 Å². The third kappa shape index (κ3) is 10.3. The number of carbonyl (C=O) groups excluding carboxylic acids is 3. The van der Waals surface area contributed by atoms with Gasteiger partial charge in [0.15, 0.2) is 5.78 Å². The molecular formula is C43H60ClN3O5S2. The van der Waals surface area contributed by atoms with Crippen LogP contribution in [0.2, 0.25) is 0 Å². The Morgan fingerprint density at radius 3 is 1.76 bits per heavy atom. The van der Waals surface area contributed by atoms with Crippen LogP contribution in [0.25, 0.3) is 20.2 Å². The SMILES string of the molecule is CC(C)Oc1ccc2cc(C(=O)C[C@@H]3C4CCN(CC4)C3(C)C)sc2c1.CC(C)Oc1ccc2ccsc2c1.CC1(C)[C@H](N)C2CCN1CC2.Cl.O=C=O. The third-order valence-electron chi connectivity index (χ3n) is 11.9. The standard InChI is InChI=1S/C22H29NO2S.C11H12OS.C9H18N2.CO2.ClH/c1-14(2)25-17-6-5-16-11-21(26-20(16)12-17)19(24)13-18-15-7-9-23(10-8-15)22(18,3)4;1-8(2)12-10-4-3-9-5-6-13-11(9)7-10;1-9(2)8(10)7-3-5-11(9)6-4-7;2-1-3;/h5-6,11-12,14-15,18H,7-10,13H2,1-4H3;3-8H,1-2H3;7-8H,3-6,10H2,1-2H3;;1H/t18-;;8-;;/m1.1../s1. The second kappa shape index (κ2) is 18.9. The molecule has 2 atom stereocenters. The highest BCUT2D eigenvalue weighted by Crippen LogP contribution is 2.46. The number of fused-ring (bicyclic) bond motifs is 8. The lowest BCUT2D eigenvalue weighted by molar-refractivity contribution is -0.191. The van der Waals surface area contributed by atoms with Gasteiger partial charge in [-0.15, -0.1) is 35.1 Å². The van der Waals surface area contributed by atoms with Gasteiger partial charge in [-0.2, -0.15) is 9.59 Å². The quantitative estimate of drug-likeness (QED) is 0.185. The normalized spacial score (nSPS) is 25.6. The minimum absolute atomic E-state index is 0. The Labute approximate surface area is 336 Å². The van der Waals surface area contributed by atoms with Crippen molar-refractivity contribution in [3.63, 3.8) is 0 Å². The summed E-state index contributed by atoms with van der Waals surface area (Å²) in [5.41, 5.74) is 6.57. The summed E-state index contributed by atoms with van der Waals surface area (Å²) in [5, 5.41) is 4.54. The van der Waals surface area contributed by atoms with Crippen LogP contribution in [0.3, 0.4) is 0 Å². The fourth-order valence-electron chi connectivity index (χ4n) is 8.80. The summed E-state index contributed by atoms with van der Waals surface area (Å²) in [7, 11) is 0. The van der Waals surface area contributed by atoms with Gasteiger partial charge < -0.3 is 15.2 Å². The Bertz CT molecular complexity index is 1840. The number of nitrogens with two attached hydrogens (primary N) is 1. The molecule has 2 N–H and O–H groups in total. The molecule has 2 aromatic heterocycles. The molecule has 0 amide bonds. The number of thiophene rings is 2. The zero-order valence-corrected chi connectivity index (χ0v) is 35.7. The fourth-order valence-corrected chi connectivity index (χ4v) is 10.7. The van der Waals surface area contributed by atoms with E-state index in [1.807, 2.05) is 39.8 Å². The first kappa shape index (κ1) is 43.9. The van der Waals surface area contributed by atoms with E-state index in [-0.39, 0.29) is 41.8 Å². The van der Waals surface area contributed by atoms with Crippen molar-refractivity contribution in [2.45, 2.75) is 117 Å². The molecule has 10 rings (SSSR count). The summed E-state index contributed by atoms with van der Waals surface area (Å²) < 4.78 is 13.8. The molecule has 6 aliphatic heterocycles. The third-order valence-corrected chi connectivity index (χ3v) is 13.9. The second-order valence-electron chi connectivity index (χ2n) is 16.6. The van der Waals surface area contributed by atoms with Crippen LogP contribution >= 0.6 is 35.1 Å². The molecule has 2 aromatic carbocycles. The number of hydrogen-bond acceptors (Lipinski definition) is 10. The number of ketones is 1. The highest BCUT2D eigenvalue weighted by atomic mass is 35.5. The first-order valence-electron chi connectivity index (χ1n) is 19.3. The van der Waals surface area contributed by atoms with Gasteiger partial charge >= 0.3 is 6.15 Å². The van der Waals surface area contributed by atoms with E-state index in [9.17, 15) is 4.79 Å². The molecule has 0 radical (unpaired) electrons. The maximum atomic E-state index is 13.1. The van der Waals surface area contributed by atoms with Crippen LogP contribution in [0.4, 0.5) is 0 Å². The second-order valence-corrected chi connectivity index (χ2v) is 18.6. The van der Waals surface area contributed by atoms with E-state index in [0.717, 1.165) is 32.4 Å². The van der Waals surface area contributed by atoms with Crippen molar-refractivity contribution >= 4 is 67.2 Å². The van der Waals surface area contributed by atoms with Crippen molar-refractivity contribution in [3.8, 4) is 11.5 Å². The fraction of sp³-hybridized carbons (Fsp3) is 0.581. The Balaban J connectivity index is 0.000000193. The zero-order chi connectivity index (χ0) is 38.5. The number of Topliss-reactive ketones (excluding diaryl/α,β-unsaturated/α-hetero) is 1. The van der Waals surface area contributed by atoms with Gasteiger partial charge in [0.05, 0.1) is 17.1 Å². The van der Waals surface area contributed by atoms with Crippen LogP contribution in [0, 0.1) is 17.8 Å². The van der Waals surface area contributed by atoms with Crippen molar-refractivity contribution in [3.05, 3.63) is 58.8 Å². The molecule has 8 nitrogen and oxygen atoms in total. The summed E-state index contributed by atoms with van der Waals surface area (Å²) >= 11 is 3.36. The van der Waals surface area contributed by atoms with Crippen LogP contribution in [0.15, 0.2) is 53.9 Å². The van der Waals surface area contributed by atoms with Crippen molar-refractivity contribution in [2.24, 2.45) is 23.5 Å². The number of piperidine rings is 6. The predicted molar refractivity (Wildman–Crippen MR) is 225 cm³/mol. The van der Waals surface area contributed by atoms with E-state index in [0.29, 0.717) is 30.1 Å². The molecular weight excluding hydrogens is 738 g/mol. The minimum Gasteiger partial charge on any atom is -0.491 e. The molecule has 0 unspecified atom stereocenters. The number of benzene rings is 2. The van der Waals surface area contributed by atoms with Gasteiger partial charge in [-0.25, -0.2) is 0 Å². The molecule has 8 heterocycles. The molecule has 296 valence electrons. The number of rotatable bonds is 7. The highest BCUT2D eigenvalue weighted by molar-refractivity contribution is 7.20. The monoisotopic (exact) mass is 797 g/mol. The highest BCUT2D eigenvalue weighted by Gasteiger charge is 2.48. The van der Waals surface area contributed by atoms with Gasteiger partial charge in [0.2, 0.25) is 0 Å². The van der Waals surface area contributed by atoms with Crippen molar-refractivity contribution < 1.29 is 23.9 Å². The first-order chi connectivity index (χ1) is 25.1. The molecule has 54 heavy (non-hydrogen) atoms. The number of hydrogen-bond donors (Lipinski definition) is 1. The molecule has 6 saturated heterocycles. The predicted octanol–water partition coefficient (Wildman–Crippen LogP) is 9.73. The molecule has 6 fully saturated rings. The van der Waals surface area contributed by atoms with Crippen LogP contribution in [0.1, 0.15) is 97.2 Å². The Hall–Kier alpha value is -2.82. The lowest BCUT2D eigenvalue weighted by Crippen LogP contribution is -2.67. The van der Waals surface area contributed by atoms with E-state index in [2.05, 4.69) is 79.3 Å². The summed E-state index contributed by atoms with van der Waals surface area (Å²) in [5.74, 6) is 4.14. The Kier molecular flexibility index (Phi) is 15.3. The lowest BCUT2D eigenvalue weighted by atomic mass is 9.65. The Morgan fingerprint density at radius 1 is 0.778 bits per heavy atom. The minimum atomic E-state index is 0. The molecule has 4 bridgehead atoms. The smallest absolute Gasteiger partial charge is 0.373 e. The summed E-state index contributed by atoms with van der Waals surface area (Å²) in [4.78, 5) is 35.3. The molecule has 11 heteroatoms. The number of halogens is 1. The molecule has 0 aliphatic carbocycles. The molecule has 0 spiro atoms. The van der Waals surface area contributed by atoms with Gasteiger partial charge in [0, 0.05) is 32.9 Å². The Morgan fingerprint density at radius 2 is 1.28 bits per heavy atom. The average molecular weight is 799 g/mol. The summed E-state index contributed by atoms with van der Waals surface area (Å²) in [6, 6.07) is 17.0. The number of carbonyl (C=O) groups is 1. The van der Waals surface area contributed by atoms with Crippen LogP contribution < -0.4 is 15.2 Å². The number of nitrogens with zero attached hydrogens (tertiary/aromatic N) is 2. The van der Waals surface area contributed by atoms with Crippen LogP contribution in [-0.4, -0.2) is 77.2 Å². The van der Waals surface area contributed by atoms with Gasteiger partial charge in [0.1, 0.15) is 11.5 Å². The van der Waals surface area contributed by atoms with Crippen molar-refractivity contribution in [1.82, 2.24) is 9.80 Å². The molecule has 6 aliphatic rings. The largest absolute Gasteiger partial charge is 0.491 e. The zero-order valence-electron chi connectivity index (χ0n) is 33.3. The molecule has 0 saturated carbocycles. The van der Waals surface area contributed by atoms with Gasteiger partial charge in [0.25, 0.3) is 0 Å². The number of ether oxygens (including phenoxy) is 2. The van der Waals surface area contributed by atoms with Crippen LogP contribution in [0.5, 0.6) is 11.5 Å². The maximum absolute atomic E-state index is 13.1. The lowest BCUT2D eigenvalue weighted by Gasteiger charge is -2.56. The average Bonchev–Trinajstić information content (AvgIpc) is 3.76. The molecule has 4 aromatic rings. The van der Waals surface area contributed by atoms with Gasteiger partial charge in [-0.3, -0.25) is 14.6 Å². The topological polar surface area (TPSA) is 102 Å². The van der Waals surface area contributed by atoms with E-state index >= 15 is 0 Å². The summed E-state index contributed by atoms with van der Waals surface area (Å²) in [6.07, 6.45) is 6.49. The van der Waals surface area contributed by atoms with Crippen molar-refractivity contribution in [2.75, 3.05) is 26.2 Å². The van der Waals surface area contributed by atoms with Crippen molar-refractivity contribution in [1.29, 1.82) is 0 Å². The van der Waals surface area contributed by atoms with Crippen LogP contribution in [-0.2, 0) is 9.59 Å². The maximum Gasteiger partial charge on any atom is 0.373 e. The summed E-state index contributed by atoms with van der Waals surface area (Å²) in [6.45, 7) is 22.3. The van der Waals surface area contributed by atoms with Gasteiger partial charge in [-0.1, -0.05) is 0 Å². The van der Waals surface area contributed by atoms with Gasteiger partial charge in [-0.05, 0) is 190 Å². The van der Waals surface area contributed by atoms with E-state index in [1.165, 1.54) is 61.9 Å². The first-order valence-corrected chi connectivity index (χ1v) is 21.0. The van der Waals surface area contributed by atoms with E-state index < -0.39 is 0 Å².